The molecule has 0 unspecified atom stereocenters. The van der Waals surface area contributed by atoms with Crippen LogP contribution in [0, 0.1) is 0 Å². The van der Waals surface area contributed by atoms with Crippen molar-refractivity contribution in [1.29, 1.82) is 0 Å². The van der Waals surface area contributed by atoms with Gasteiger partial charge in [0.1, 0.15) is 0 Å². The number of rotatable bonds is 0. The van der Waals surface area contributed by atoms with Crippen LogP contribution in [0.4, 0.5) is 0 Å². The van der Waals surface area contributed by atoms with Gasteiger partial charge in [-0.3, -0.25) is 0 Å². The Bertz CT molecular complexity index is 334. The van der Waals surface area contributed by atoms with E-state index in [1.54, 1.807) is 0 Å². The minimum absolute atomic E-state index is 0. The third-order valence-electron chi connectivity index (χ3n) is 0. The predicted molar refractivity (Wildman–Crippen MR) is 4.12 cm³/mol. The average molecular weight is 576 g/mol. The molecule has 0 amide bonds. The summed E-state index contributed by atoms with van der Waals surface area (Å²) in [5, 5.41) is 0. The van der Waals surface area contributed by atoms with Gasteiger partial charge in [0.05, 0.1) is 0 Å². The summed E-state index contributed by atoms with van der Waals surface area (Å²) in [6, 6.07) is 0. The zero-order valence-corrected chi connectivity index (χ0v) is 14.6. The minimum atomic E-state index is -6.02. The fourth-order valence-corrected chi connectivity index (χ4v) is 0. The Hall–Kier alpha value is 1.31. The quantitative estimate of drug-likeness (QED) is 0.245. The van der Waals surface area contributed by atoms with Crippen LogP contribution in [0.1, 0.15) is 0 Å². The molecule has 16 heavy (non-hydrogen) atoms. The van der Waals surface area contributed by atoms with Crippen LogP contribution in [0.5, 0.6) is 0 Å². The first-order chi connectivity index (χ1) is 6.00. The second-order valence-corrected chi connectivity index (χ2v) is 7.25. The fourth-order valence-electron chi connectivity index (χ4n) is 0. The molecule has 0 saturated heterocycles. The van der Waals surface area contributed by atoms with E-state index in [1.165, 1.54) is 0 Å². The van der Waals surface area contributed by atoms with Gasteiger partial charge in [-0.15, -0.1) is 0 Å². The van der Waals surface area contributed by atoms with E-state index >= 15 is 0 Å². The molecule has 0 atom stereocenters. The van der Waals surface area contributed by atoms with Gasteiger partial charge < -0.3 is 0 Å². The summed E-state index contributed by atoms with van der Waals surface area (Å²) in [5.74, 6) is 0. The van der Waals surface area contributed by atoms with Crippen molar-refractivity contribution in [2.24, 2.45) is 0 Å². The van der Waals surface area contributed by atoms with E-state index in [0.29, 0.717) is 0 Å². The van der Waals surface area contributed by atoms with Gasteiger partial charge in [0.2, 0.25) is 0 Å². The first kappa shape index (κ1) is 26.0. The number of hydrogen-bond acceptors (Lipinski definition) is 12. The van der Waals surface area contributed by atoms with E-state index in [2.05, 4.69) is 0 Å². The van der Waals surface area contributed by atoms with Crippen LogP contribution in [0.3, 0.4) is 0 Å². The average Bonchev–Trinajstić information content (AvgIpc) is 1.41. The van der Waals surface area contributed by atoms with Crippen molar-refractivity contribution in [3.05, 3.63) is 0 Å². The van der Waals surface area contributed by atoms with Gasteiger partial charge in [0.25, 0.3) is 0 Å². The fraction of sp³-hybridized carbons (Fsp3) is 0. The van der Waals surface area contributed by atoms with E-state index in [4.69, 9.17) is 42.9 Å². The van der Waals surface area contributed by atoms with E-state index < -0.39 is 50.2 Å². The molecule has 16 heteroatoms. The summed E-state index contributed by atoms with van der Waals surface area (Å²) >= 11 is -18.1. The summed E-state index contributed by atoms with van der Waals surface area (Å²) in [4.78, 5) is 0. The van der Waals surface area contributed by atoms with Crippen LogP contribution in [-0.2, 0) is 91.7 Å². The van der Waals surface area contributed by atoms with Crippen LogP contribution >= 0.6 is 0 Å². The van der Waals surface area contributed by atoms with Crippen molar-refractivity contribution >= 4 is 0 Å². The molecule has 0 spiro atoms. The summed E-state index contributed by atoms with van der Waals surface area (Å²) in [6.07, 6.45) is 0. The Kier molecular flexibility index (Phi) is 16.7. The van der Waals surface area contributed by atoms with Crippen molar-refractivity contribution in [1.82, 2.24) is 0 Å². The van der Waals surface area contributed by atoms with Gasteiger partial charge in [0, 0.05) is 21.1 Å². The van der Waals surface area contributed by atoms with Crippen LogP contribution in [-0.4, -0.2) is 0 Å². The van der Waals surface area contributed by atoms with E-state index in [-0.39, 0.29) is 21.1 Å². The van der Waals surface area contributed by atoms with E-state index in [0.717, 1.165) is 0 Å². The molecule has 0 aromatic rings. The van der Waals surface area contributed by atoms with Crippen molar-refractivity contribution in [2.75, 3.05) is 0 Å². The summed E-state index contributed by atoms with van der Waals surface area (Å²) in [5.41, 5.74) is 0. The van der Waals surface area contributed by atoms with Crippen molar-refractivity contribution in [3.63, 3.8) is 0 Å². The van der Waals surface area contributed by atoms with Gasteiger partial charge in [-0.1, -0.05) is 0 Å². The van der Waals surface area contributed by atoms with Crippen LogP contribution in [0.2, 0.25) is 0 Å². The van der Waals surface area contributed by atoms with Gasteiger partial charge in [0.15, 0.2) is 0 Å². The van der Waals surface area contributed by atoms with Gasteiger partial charge >= 0.3 is 93.2 Å². The molecular formula is Mo4O12-6. The number of hydrogen-bond donors (Lipinski definition) is 0. The molecule has 0 radical (unpaired) electrons. The molecule has 0 rings (SSSR count). The first-order valence-corrected chi connectivity index (χ1v) is 11.8. The standard InChI is InChI=1S/4Mo.12O/q;;;;;;;;;;6*-1. The van der Waals surface area contributed by atoms with Gasteiger partial charge in [-0.05, 0) is 0 Å². The summed E-state index contributed by atoms with van der Waals surface area (Å²) < 4.78 is 104. The molecule has 0 N–H and O–H groups in total. The third-order valence-corrected chi connectivity index (χ3v) is 0. The molecule has 0 aliphatic carbocycles. The molecule has 102 valence electrons. The van der Waals surface area contributed by atoms with E-state index in [9.17, 15) is 0 Å². The summed E-state index contributed by atoms with van der Waals surface area (Å²) in [6.45, 7) is 0. The van der Waals surface area contributed by atoms with Crippen molar-refractivity contribution < 1.29 is 114 Å². The zero-order valence-electron chi connectivity index (χ0n) is 6.53. The predicted octanol–water partition coefficient (Wildman–Crippen LogP) is -7.86. The SMILES string of the molecule is [Mo].[O]=[Mo](=[O])([O-])[O-].[O]=[Mo](=[O])([O-])[O-].[O]=[Mo](=[O])([O-])[O-]. The second-order valence-electron chi connectivity index (χ2n) is 1.22. The second kappa shape index (κ2) is 10.3. The Morgan fingerprint density at radius 3 is 0.438 bits per heavy atom. The molecule has 0 bridgehead atoms. The normalized spacial score (nSPS) is 10.9. The first-order valence-electron chi connectivity index (χ1n) is 2.00. The monoisotopic (exact) mass is 584 g/mol. The van der Waals surface area contributed by atoms with Gasteiger partial charge in [-0.25, -0.2) is 0 Å². The van der Waals surface area contributed by atoms with Crippen LogP contribution < -0.4 is 22.6 Å². The Labute approximate surface area is 113 Å². The van der Waals surface area contributed by atoms with Crippen molar-refractivity contribution in [2.45, 2.75) is 0 Å². The van der Waals surface area contributed by atoms with Crippen LogP contribution in [0.15, 0.2) is 0 Å². The summed E-state index contributed by atoms with van der Waals surface area (Å²) in [7, 11) is 0. The molecule has 0 aliphatic rings. The third kappa shape index (κ3) is 1820. The topological polar surface area (TPSA) is 241 Å². The Morgan fingerprint density at radius 1 is 0.438 bits per heavy atom. The molecule has 0 saturated carbocycles. The van der Waals surface area contributed by atoms with Crippen molar-refractivity contribution in [3.8, 4) is 0 Å². The molecule has 0 heterocycles. The zero-order chi connectivity index (χ0) is 13.5. The molecular weight excluding hydrogens is 576 g/mol. The van der Waals surface area contributed by atoms with Crippen LogP contribution in [0.25, 0.3) is 0 Å². The maximum atomic E-state index is 8.63. The molecule has 0 aromatic carbocycles. The Morgan fingerprint density at radius 2 is 0.438 bits per heavy atom. The Balaban J connectivity index is -0.0000000655. The molecule has 0 fully saturated rings. The maximum absolute atomic E-state index is 8.63. The molecule has 0 aromatic heterocycles. The molecule has 12 nitrogen and oxygen atoms in total. The molecule has 0 aliphatic heterocycles. The van der Waals surface area contributed by atoms with Gasteiger partial charge in [-0.2, -0.15) is 0 Å². The van der Waals surface area contributed by atoms with E-state index in [1.807, 2.05) is 0 Å².